The molecule has 0 saturated heterocycles. The van der Waals surface area contributed by atoms with Gasteiger partial charge in [-0.15, -0.1) is 0 Å². The van der Waals surface area contributed by atoms with Gasteiger partial charge in [-0.2, -0.15) is 0 Å². The van der Waals surface area contributed by atoms with E-state index in [9.17, 15) is 14.7 Å². The van der Waals surface area contributed by atoms with Gasteiger partial charge in [-0.25, -0.2) is 9.59 Å². The number of likely N-dealkylation sites (N-methyl/N-ethyl adjacent to an activating group) is 1. The Morgan fingerprint density at radius 3 is 2.35 bits per heavy atom. The van der Waals surface area contributed by atoms with Crippen molar-refractivity contribution in [2.75, 3.05) is 20.4 Å². The number of amides is 1. The van der Waals surface area contributed by atoms with Gasteiger partial charge in [-0.3, -0.25) is 4.90 Å². The zero-order valence-electron chi connectivity index (χ0n) is 18.8. The molecule has 1 atom stereocenters. The van der Waals surface area contributed by atoms with Crippen molar-refractivity contribution >= 4 is 12.1 Å². The molecule has 7 nitrogen and oxygen atoms in total. The summed E-state index contributed by atoms with van der Waals surface area (Å²) in [6.07, 6.45) is -0.0208. The molecular weight excluding hydrogens is 434 g/mol. The van der Waals surface area contributed by atoms with Crippen molar-refractivity contribution in [2.45, 2.75) is 24.8 Å². The molecule has 7 heteroatoms. The molecule has 1 heterocycles. The van der Waals surface area contributed by atoms with Crippen molar-refractivity contribution < 1.29 is 28.9 Å². The van der Waals surface area contributed by atoms with E-state index >= 15 is 0 Å². The largest absolute Gasteiger partial charge is 0.480 e. The third kappa shape index (κ3) is 3.94. The predicted molar refractivity (Wildman–Crippen MR) is 125 cm³/mol. The maximum atomic E-state index is 12.9. The monoisotopic (exact) mass is 459 g/mol. The molecule has 0 radical (unpaired) electrons. The first-order chi connectivity index (χ1) is 16.5. The highest BCUT2D eigenvalue weighted by atomic mass is 16.7. The summed E-state index contributed by atoms with van der Waals surface area (Å²) in [7, 11) is 1.46. The Balaban J connectivity index is 1.26. The number of nitrogens with zero attached hydrogens (tertiary/aromatic N) is 1. The molecule has 5 rings (SSSR count). The maximum Gasteiger partial charge on any atom is 0.410 e. The van der Waals surface area contributed by atoms with Gasteiger partial charge in [0.1, 0.15) is 12.6 Å². The number of aryl methyl sites for hydroxylation is 1. The van der Waals surface area contributed by atoms with Crippen molar-refractivity contribution in [3.8, 4) is 22.6 Å². The van der Waals surface area contributed by atoms with E-state index in [2.05, 4.69) is 12.1 Å². The fourth-order valence-corrected chi connectivity index (χ4v) is 4.79. The number of benzene rings is 3. The van der Waals surface area contributed by atoms with Crippen molar-refractivity contribution in [3.63, 3.8) is 0 Å². The second-order valence-corrected chi connectivity index (χ2v) is 8.46. The Labute approximate surface area is 197 Å². The summed E-state index contributed by atoms with van der Waals surface area (Å²) >= 11 is 0. The van der Waals surface area contributed by atoms with Gasteiger partial charge in [0.05, 0.1) is 0 Å². The Kier molecular flexibility index (Phi) is 5.84. The van der Waals surface area contributed by atoms with Gasteiger partial charge in [-0.05, 0) is 46.7 Å². The van der Waals surface area contributed by atoms with Crippen LogP contribution in [0.15, 0.2) is 66.7 Å². The smallest absolute Gasteiger partial charge is 0.410 e. The summed E-state index contributed by atoms with van der Waals surface area (Å²) in [5, 5.41) is 9.80. The van der Waals surface area contributed by atoms with Gasteiger partial charge in [0, 0.05) is 13.0 Å². The minimum Gasteiger partial charge on any atom is -0.480 e. The second kappa shape index (κ2) is 9.09. The minimum atomic E-state index is -1.08. The highest BCUT2D eigenvalue weighted by Crippen LogP contribution is 2.44. The first-order valence-corrected chi connectivity index (χ1v) is 11.2. The standard InChI is InChI=1S/C27H25NO6/c1-28(23(26(29)30)14-13-17-7-6-12-24-25(17)34-16-33-24)27(31)32-15-22-20-10-4-2-8-18(20)19-9-3-5-11-21(19)22/h2-12,22-23H,13-16H2,1H3,(H,29,30)/t23-/m0/s1. The second-order valence-electron chi connectivity index (χ2n) is 8.46. The number of aliphatic carboxylic acids is 1. The summed E-state index contributed by atoms with van der Waals surface area (Å²) in [6, 6.07) is 20.6. The van der Waals surface area contributed by atoms with Gasteiger partial charge in [0.25, 0.3) is 0 Å². The Morgan fingerprint density at radius 1 is 1.00 bits per heavy atom. The first-order valence-electron chi connectivity index (χ1n) is 11.2. The lowest BCUT2D eigenvalue weighted by molar-refractivity contribution is -0.142. The quantitative estimate of drug-likeness (QED) is 0.552. The number of carboxylic acids is 1. The van der Waals surface area contributed by atoms with E-state index in [1.165, 1.54) is 7.05 Å². The molecule has 2 aliphatic rings. The summed E-state index contributed by atoms with van der Waals surface area (Å²) < 4.78 is 16.5. The molecule has 0 aromatic heterocycles. The van der Waals surface area contributed by atoms with Crippen LogP contribution in [-0.2, 0) is 16.0 Å². The van der Waals surface area contributed by atoms with Crippen LogP contribution >= 0.6 is 0 Å². The number of carbonyl (C=O) groups is 2. The van der Waals surface area contributed by atoms with Gasteiger partial charge >= 0.3 is 12.1 Å². The van der Waals surface area contributed by atoms with E-state index in [0.29, 0.717) is 17.9 Å². The van der Waals surface area contributed by atoms with Crippen LogP contribution in [0.2, 0.25) is 0 Å². The molecule has 0 spiro atoms. The molecule has 3 aromatic carbocycles. The van der Waals surface area contributed by atoms with Gasteiger partial charge in [0.2, 0.25) is 6.79 Å². The normalized spacial score (nSPS) is 14.3. The van der Waals surface area contributed by atoms with Gasteiger partial charge < -0.3 is 19.3 Å². The lowest BCUT2D eigenvalue weighted by atomic mass is 9.98. The molecule has 1 amide bonds. The minimum absolute atomic E-state index is 0.0860. The SMILES string of the molecule is CN(C(=O)OCC1c2ccccc2-c2ccccc21)[C@@H](CCc1cccc2c1OCO2)C(=O)O. The van der Waals surface area contributed by atoms with Gasteiger partial charge in [-0.1, -0.05) is 60.7 Å². The molecule has 34 heavy (non-hydrogen) atoms. The number of hydrogen-bond acceptors (Lipinski definition) is 5. The zero-order chi connectivity index (χ0) is 23.7. The summed E-state index contributed by atoms with van der Waals surface area (Å²) in [5.74, 6) is 0.113. The van der Waals surface area contributed by atoms with E-state index in [4.69, 9.17) is 14.2 Å². The predicted octanol–water partition coefficient (Wildman–Crippen LogP) is 4.68. The number of rotatable bonds is 7. The molecule has 0 saturated carbocycles. The Morgan fingerprint density at radius 2 is 1.68 bits per heavy atom. The van der Waals surface area contributed by atoms with E-state index in [0.717, 1.165) is 32.7 Å². The summed E-state index contributed by atoms with van der Waals surface area (Å²) in [6.45, 7) is 0.287. The molecule has 1 N–H and O–H groups in total. The number of para-hydroxylation sites is 1. The molecule has 0 bridgehead atoms. The average Bonchev–Trinajstić information content (AvgIpc) is 3.46. The van der Waals surface area contributed by atoms with Gasteiger partial charge in [0.15, 0.2) is 11.5 Å². The molecule has 1 aliphatic carbocycles. The number of ether oxygens (including phenoxy) is 3. The van der Waals surface area contributed by atoms with Crippen molar-refractivity contribution in [3.05, 3.63) is 83.4 Å². The third-order valence-electron chi connectivity index (χ3n) is 6.54. The van der Waals surface area contributed by atoms with E-state index < -0.39 is 18.1 Å². The lowest BCUT2D eigenvalue weighted by Gasteiger charge is -2.25. The fraction of sp³-hybridized carbons (Fsp3) is 0.259. The summed E-state index contributed by atoms with van der Waals surface area (Å²) in [4.78, 5) is 26.0. The van der Waals surface area contributed by atoms with Crippen LogP contribution in [-0.4, -0.2) is 48.6 Å². The van der Waals surface area contributed by atoms with Crippen molar-refractivity contribution in [1.82, 2.24) is 4.90 Å². The molecule has 0 fully saturated rings. The first kappa shape index (κ1) is 21.8. The molecule has 1 aliphatic heterocycles. The van der Waals surface area contributed by atoms with E-state index in [1.54, 1.807) is 0 Å². The Bertz CT molecular complexity index is 1190. The topological polar surface area (TPSA) is 85.3 Å². The lowest BCUT2D eigenvalue weighted by Crippen LogP contribution is -2.43. The van der Waals surface area contributed by atoms with Crippen LogP contribution in [0.1, 0.15) is 29.0 Å². The number of carbonyl (C=O) groups excluding carboxylic acids is 1. The van der Waals surface area contributed by atoms with Crippen LogP contribution < -0.4 is 9.47 Å². The van der Waals surface area contributed by atoms with E-state index in [1.807, 2.05) is 54.6 Å². The molecule has 174 valence electrons. The summed E-state index contributed by atoms with van der Waals surface area (Å²) in [5.41, 5.74) is 5.33. The molecule has 3 aromatic rings. The molecular formula is C27H25NO6. The zero-order valence-corrected chi connectivity index (χ0v) is 18.8. The Hall–Kier alpha value is -4.00. The van der Waals surface area contributed by atoms with Crippen molar-refractivity contribution in [1.29, 1.82) is 0 Å². The van der Waals surface area contributed by atoms with Crippen LogP contribution in [0.3, 0.4) is 0 Å². The third-order valence-corrected chi connectivity index (χ3v) is 6.54. The van der Waals surface area contributed by atoms with Crippen molar-refractivity contribution in [2.24, 2.45) is 0 Å². The highest BCUT2D eigenvalue weighted by Gasteiger charge is 2.32. The average molecular weight is 459 g/mol. The van der Waals surface area contributed by atoms with Crippen LogP contribution in [0.4, 0.5) is 4.79 Å². The molecule has 0 unspecified atom stereocenters. The number of carboxylic acid groups (broad SMARTS) is 1. The number of hydrogen-bond donors (Lipinski definition) is 1. The fourth-order valence-electron chi connectivity index (χ4n) is 4.79. The maximum absolute atomic E-state index is 12.9. The number of fused-ring (bicyclic) bond motifs is 4. The highest BCUT2D eigenvalue weighted by molar-refractivity contribution is 5.81. The van der Waals surface area contributed by atoms with Crippen LogP contribution in [0.5, 0.6) is 11.5 Å². The van der Waals surface area contributed by atoms with E-state index in [-0.39, 0.29) is 25.7 Å². The van der Waals surface area contributed by atoms with Crippen LogP contribution in [0.25, 0.3) is 11.1 Å². The van der Waals surface area contributed by atoms with Crippen LogP contribution in [0, 0.1) is 0 Å².